The first-order valence-electron chi connectivity index (χ1n) is 8.74. The molecule has 2 unspecified atom stereocenters. The molecule has 1 saturated heterocycles. The van der Waals surface area contributed by atoms with Crippen LogP contribution < -0.4 is 5.32 Å². The van der Waals surface area contributed by atoms with Crippen LogP contribution in [0.3, 0.4) is 0 Å². The molecule has 1 fully saturated rings. The Morgan fingerprint density at radius 1 is 1.23 bits per heavy atom. The molecule has 0 amide bonds. The van der Waals surface area contributed by atoms with Crippen molar-refractivity contribution in [1.82, 2.24) is 15.1 Å². The molecule has 0 spiro atoms. The van der Waals surface area contributed by atoms with E-state index < -0.39 is 12.2 Å². The SMILES string of the molecule is CN=C(NCC1Cc2ccccc21)N1CCN(C(C)C(F)(F)F)CC1.I. The number of nitrogens with zero attached hydrogens (tertiary/aromatic N) is 3. The predicted molar refractivity (Wildman–Crippen MR) is 108 cm³/mol. The van der Waals surface area contributed by atoms with Gasteiger partial charge in [-0.15, -0.1) is 24.0 Å². The normalized spacial score (nSPS) is 22.1. The van der Waals surface area contributed by atoms with Gasteiger partial charge in [-0.3, -0.25) is 9.89 Å². The highest BCUT2D eigenvalue weighted by Gasteiger charge is 2.41. The van der Waals surface area contributed by atoms with Crippen molar-refractivity contribution in [1.29, 1.82) is 0 Å². The molecule has 26 heavy (non-hydrogen) atoms. The third kappa shape index (κ3) is 4.62. The second-order valence-electron chi connectivity index (χ2n) is 6.77. The number of piperazine rings is 1. The molecule has 2 atom stereocenters. The summed E-state index contributed by atoms with van der Waals surface area (Å²) in [5, 5.41) is 3.39. The fraction of sp³-hybridized carbons (Fsp3) is 0.611. The van der Waals surface area contributed by atoms with E-state index in [4.69, 9.17) is 0 Å². The van der Waals surface area contributed by atoms with Crippen LogP contribution in [-0.4, -0.2) is 67.7 Å². The van der Waals surface area contributed by atoms with Gasteiger partial charge >= 0.3 is 6.18 Å². The van der Waals surface area contributed by atoms with Gasteiger partial charge in [-0.2, -0.15) is 13.2 Å². The summed E-state index contributed by atoms with van der Waals surface area (Å²) in [7, 11) is 1.72. The summed E-state index contributed by atoms with van der Waals surface area (Å²) in [5.74, 6) is 1.27. The van der Waals surface area contributed by atoms with Crippen LogP contribution in [-0.2, 0) is 6.42 Å². The van der Waals surface area contributed by atoms with Crippen molar-refractivity contribution in [2.45, 2.75) is 31.5 Å². The zero-order valence-corrected chi connectivity index (χ0v) is 17.4. The molecule has 1 heterocycles. The Balaban J connectivity index is 0.00000243. The van der Waals surface area contributed by atoms with Gasteiger partial charge in [0, 0.05) is 45.7 Å². The molecule has 1 aromatic rings. The smallest absolute Gasteiger partial charge is 0.356 e. The first-order chi connectivity index (χ1) is 11.9. The monoisotopic (exact) mass is 482 g/mol. The quantitative estimate of drug-likeness (QED) is 0.408. The number of nitrogens with one attached hydrogen (secondary N) is 1. The maximum atomic E-state index is 12.8. The number of benzene rings is 1. The molecule has 1 aliphatic heterocycles. The number of aliphatic imine (C=N–C) groups is 1. The first kappa shape index (κ1) is 21.3. The summed E-state index contributed by atoms with van der Waals surface area (Å²) in [6, 6.07) is 7.03. The lowest BCUT2D eigenvalue weighted by molar-refractivity contribution is -0.181. The largest absolute Gasteiger partial charge is 0.403 e. The summed E-state index contributed by atoms with van der Waals surface area (Å²) >= 11 is 0. The van der Waals surface area contributed by atoms with Crippen molar-refractivity contribution in [3.8, 4) is 0 Å². The molecule has 0 radical (unpaired) electrons. The highest BCUT2D eigenvalue weighted by atomic mass is 127. The topological polar surface area (TPSA) is 30.9 Å². The van der Waals surface area contributed by atoms with Crippen LogP contribution in [0.15, 0.2) is 29.3 Å². The molecule has 3 rings (SSSR count). The van der Waals surface area contributed by atoms with E-state index in [1.54, 1.807) is 7.05 Å². The second-order valence-corrected chi connectivity index (χ2v) is 6.77. The van der Waals surface area contributed by atoms with Crippen molar-refractivity contribution >= 4 is 29.9 Å². The molecule has 1 aromatic carbocycles. The van der Waals surface area contributed by atoms with Gasteiger partial charge in [0.15, 0.2) is 5.96 Å². The molecular weight excluding hydrogens is 456 g/mol. The van der Waals surface area contributed by atoms with E-state index in [1.165, 1.54) is 23.0 Å². The van der Waals surface area contributed by atoms with Crippen molar-refractivity contribution in [2.75, 3.05) is 39.8 Å². The van der Waals surface area contributed by atoms with Crippen molar-refractivity contribution in [2.24, 2.45) is 4.99 Å². The molecule has 4 nitrogen and oxygen atoms in total. The Morgan fingerprint density at radius 2 is 1.88 bits per heavy atom. The zero-order valence-electron chi connectivity index (χ0n) is 15.1. The lowest BCUT2D eigenvalue weighted by Gasteiger charge is -2.40. The Hall–Kier alpha value is -1.03. The third-order valence-corrected chi connectivity index (χ3v) is 5.31. The Labute approximate surface area is 169 Å². The highest BCUT2D eigenvalue weighted by molar-refractivity contribution is 14.0. The van der Waals surface area contributed by atoms with Crippen LogP contribution in [0.2, 0.25) is 0 Å². The number of alkyl halides is 3. The third-order valence-electron chi connectivity index (χ3n) is 5.31. The number of hydrogen-bond acceptors (Lipinski definition) is 2. The van der Waals surface area contributed by atoms with Gasteiger partial charge in [-0.05, 0) is 24.5 Å². The molecule has 0 bridgehead atoms. The fourth-order valence-electron chi connectivity index (χ4n) is 3.62. The lowest BCUT2D eigenvalue weighted by atomic mass is 9.78. The van der Waals surface area contributed by atoms with Gasteiger partial charge < -0.3 is 10.2 Å². The Morgan fingerprint density at radius 3 is 2.46 bits per heavy atom. The van der Waals surface area contributed by atoms with Crippen LogP contribution in [0.5, 0.6) is 0 Å². The zero-order chi connectivity index (χ0) is 18.0. The summed E-state index contributed by atoms with van der Waals surface area (Å²) < 4.78 is 38.5. The van der Waals surface area contributed by atoms with Crippen LogP contribution in [0.1, 0.15) is 24.0 Å². The van der Waals surface area contributed by atoms with Gasteiger partial charge in [-0.25, -0.2) is 0 Å². The minimum absolute atomic E-state index is 0. The maximum Gasteiger partial charge on any atom is 0.403 e. The molecule has 1 aliphatic carbocycles. The lowest BCUT2D eigenvalue weighted by Crippen LogP contribution is -2.57. The van der Waals surface area contributed by atoms with Crippen molar-refractivity contribution in [3.63, 3.8) is 0 Å². The van der Waals surface area contributed by atoms with Crippen LogP contribution in [0.4, 0.5) is 13.2 Å². The van der Waals surface area contributed by atoms with E-state index in [0.29, 0.717) is 32.1 Å². The van der Waals surface area contributed by atoms with Crippen LogP contribution >= 0.6 is 24.0 Å². The standard InChI is InChI=1S/C18H25F3N4.HI/c1-13(18(19,20)21)24-7-9-25(10-8-24)17(22-2)23-12-15-11-14-5-3-4-6-16(14)15;/h3-6,13,15H,7-12H2,1-2H3,(H,22,23);1H. The van der Waals surface area contributed by atoms with Gasteiger partial charge in [0.2, 0.25) is 0 Å². The van der Waals surface area contributed by atoms with Gasteiger partial charge in [0.05, 0.1) is 0 Å². The predicted octanol–water partition coefficient (Wildman–Crippen LogP) is 3.09. The minimum Gasteiger partial charge on any atom is -0.356 e. The van der Waals surface area contributed by atoms with E-state index in [1.807, 2.05) is 4.90 Å². The average molecular weight is 482 g/mol. The Bertz CT molecular complexity index is 627. The van der Waals surface area contributed by atoms with E-state index in [2.05, 4.69) is 34.6 Å². The van der Waals surface area contributed by atoms with Crippen molar-refractivity contribution < 1.29 is 13.2 Å². The van der Waals surface area contributed by atoms with Gasteiger partial charge in [0.25, 0.3) is 0 Å². The molecule has 146 valence electrons. The Kier molecular flexibility index (Phi) is 7.18. The van der Waals surface area contributed by atoms with Crippen LogP contribution in [0.25, 0.3) is 0 Å². The van der Waals surface area contributed by atoms with E-state index in [-0.39, 0.29) is 24.0 Å². The first-order valence-corrected chi connectivity index (χ1v) is 8.74. The van der Waals surface area contributed by atoms with E-state index in [9.17, 15) is 13.2 Å². The molecule has 2 aliphatic rings. The highest BCUT2D eigenvalue weighted by Crippen LogP contribution is 2.34. The number of rotatable bonds is 3. The average Bonchev–Trinajstić information content (AvgIpc) is 2.58. The van der Waals surface area contributed by atoms with Crippen LogP contribution in [0, 0.1) is 0 Å². The van der Waals surface area contributed by atoms with Crippen molar-refractivity contribution in [3.05, 3.63) is 35.4 Å². The number of guanidine groups is 1. The van der Waals surface area contributed by atoms with Gasteiger partial charge in [0.1, 0.15) is 6.04 Å². The summed E-state index contributed by atoms with van der Waals surface area (Å²) in [6.45, 7) is 3.95. The fourth-order valence-corrected chi connectivity index (χ4v) is 3.62. The van der Waals surface area contributed by atoms with E-state index >= 15 is 0 Å². The second kappa shape index (κ2) is 8.77. The molecule has 0 saturated carbocycles. The van der Waals surface area contributed by atoms with Gasteiger partial charge in [-0.1, -0.05) is 24.3 Å². The maximum absolute atomic E-state index is 12.8. The molecule has 0 aromatic heterocycles. The summed E-state index contributed by atoms with van der Waals surface area (Å²) in [5.41, 5.74) is 2.79. The minimum atomic E-state index is -4.17. The number of fused-ring (bicyclic) bond motifs is 1. The molecule has 8 heteroatoms. The molecule has 1 N–H and O–H groups in total. The summed E-state index contributed by atoms with van der Waals surface area (Å²) in [4.78, 5) is 7.85. The van der Waals surface area contributed by atoms with E-state index in [0.717, 1.165) is 18.9 Å². The molecular formula is C18H26F3IN4. The number of hydrogen-bond donors (Lipinski definition) is 1. The summed E-state index contributed by atoms with van der Waals surface area (Å²) in [6.07, 6.45) is -3.10. The number of halogens is 4.